The van der Waals surface area contributed by atoms with Gasteiger partial charge in [0.2, 0.25) is 5.82 Å². The number of nitrogens with zero attached hydrogens (tertiary/aromatic N) is 1. The van der Waals surface area contributed by atoms with Crippen LogP contribution in [0.2, 0.25) is 10.0 Å². The molecule has 2 aromatic rings. The van der Waals surface area contributed by atoms with Crippen molar-refractivity contribution in [2.75, 3.05) is 0 Å². The number of halogens is 3. The lowest BCUT2D eigenvalue weighted by Gasteiger charge is -2.04. The van der Waals surface area contributed by atoms with Gasteiger partial charge in [-0.2, -0.15) is 4.39 Å². The minimum atomic E-state index is -0.887. The van der Waals surface area contributed by atoms with E-state index in [2.05, 4.69) is 9.97 Å². The lowest BCUT2D eigenvalue weighted by Crippen LogP contribution is -2.15. The summed E-state index contributed by atoms with van der Waals surface area (Å²) in [6.45, 7) is 1.42. The van der Waals surface area contributed by atoms with Crippen LogP contribution in [0.3, 0.4) is 0 Å². The molecular formula is C11H7Cl2FN2O. The second-order valence-corrected chi connectivity index (χ2v) is 4.34. The van der Waals surface area contributed by atoms with Crippen LogP contribution in [-0.4, -0.2) is 9.97 Å². The molecule has 0 saturated heterocycles. The molecule has 0 aliphatic heterocycles. The first-order chi connectivity index (χ1) is 7.97. The molecule has 0 fully saturated rings. The van der Waals surface area contributed by atoms with Crippen LogP contribution in [0.25, 0.3) is 11.4 Å². The molecule has 3 nitrogen and oxygen atoms in total. The normalized spacial score (nSPS) is 10.6. The summed E-state index contributed by atoms with van der Waals surface area (Å²) in [6, 6.07) is 4.73. The van der Waals surface area contributed by atoms with E-state index in [0.29, 0.717) is 15.6 Å². The van der Waals surface area contributed by atoms with Crippen LogP contribution in [0.1, 0.15) is 5.69 Å². The monoisotopic (exact) mass is 272 g/mol. The van der Waals surface area contributed by atoms with Gasteiger partial charge in [-0.15, -0.1) is 0 Å². The highest BCUT2D eigenvalue weighted by molar-refractivity contribution is 6.35. The Hall–Kier alpha value is -1.39. The number of aromatic amines is 1. The standard InChI is InChI=1S/C11H7Cl2FN2O/c1-5-9(14)11(17)16-10(15-5)6-2-7(12)4-8(13)3-6/h2-4H,1H3,(H,15,16,17). The molecule has 0 radical (unpaired) electrons. The third kappa shape index (κ3) is 2.48. The fourth-order valence-corrected chi connectivity index (χ4v) is 1.92. The highest BCUT2D eigenvalue weighted by Crippen LogP contribution is 2.24. The lowest BCUT2D eigenvalue weighted by atomic mass is 10.2. The zero-order valence-corrected chi connectivity index (χ0v) is 10.2. The van der Waals surface area contributed by atoms with Gasteiger partial charge in [-0.3, -0.25) is 4.79 Å². The molecule has 1 aromatic heterocycles. The van der Waals surface area contributed by atoms with Gasteiger partial charge in [0.25, 0.3) is 5.56 Å². The Morgan fingerprint density at radius 3 is 2.35 bits per heavy atom. The predicted octanol–water partition coefficient (Wildman–Crippen LogP) is 3.19. The first-order valence-corrected chi connectivity index (χ1v) is 5.46. The number of hydrogen-bond acceptors (Lipinski definition) is 2. The number of hydrogen-bond donors (Lipinski definition) is 1. The Kier molecular flexibility index (Phi) is 3.17. The van der Waals surface area contributed by atoms with E-state index in [9.17, 15) is 9.18 Å². The maximum absolute atomic E-state index is 13.1. The van der Waals surface area contributed by atoms with Crippen molar-refractivity contribution >= 4 is 23.2 Å². The molecule has 17 heavy (non-hydrogen) atoms. The summed E-state index contributed by atoms with van der Waals surface area (Å²) >= 11 is 11.7. The fourth-order valence-electron chi connectivity index (χ4n) is 1.40. The van der Waals surface area contributed by atoms with Gasteiger partial charge in [0.05, 0.1) is 5.69 Å². The van der Waals surface area contributed by atoms with Crippen LogP contribution in [0.5, 0.6) is 0 Å². The largest absolute Gasteiger partial charge is 0.304 e. The van der Waals surface area contributed by atoms with Crippen LogP contribution in [-0.2, 0) is 0 Å². The highest BCUT2D eigenvalue weighted by Gasteiger charge is 2.09. The van der Waals surface area contributed by atoms with Crippen molar-refractivity contribution in [1.29, 1.82) is 0 Å². The van der Waals surface area contributed by atoms with Gasteiger partial charge in [-0.05, 0) is 25.1 Å². The average Bonchev–Trinajstić information content (AvgIpc) is 2.23. The van der Waals surface area contributed by atoms with E-state index in [1.54, 1.807) is 18.2 Å². The van der Waals surface area contributed by atoms with Gasteiger partial charge >= 0.3 is 0 Å². The molecule has 0 aliphatic carbocycles. The Balaban J connectivity index is 2.65. The van der Waals surface area contributed by atoms with E-state index in [1.807, 2.05) is 0 Å². The van der Waals surface area contributed by atoms with Crippen molar-refractivity contribution in [3.05, 3.63) is 50.1 Å². The molecule has 0 amide bonds. The molecule has 6 heteroatoms. The van der Waals surface area contributed by atoms with E-state index in [4.69, 9.17) is 23.2 Å². The van der Waals surface area contributed by atoms with Crippen molar-refractivity contribution in [3.63, 3.8) is 0 Å². The molecule has 1 N–H and O–H groups in total. The summed E-state index contributed by atoms with van der Waals surface area (Å²) in [6.07, 6.45) is 0. The molecule has 1 aromatic carbocycles. The number of rotatable bonds is 1. The van der Waals surface area contributed by atoms with E-state index in [0.717, 1.165) is 0 Å². The summed E-state index contributed by atoms with van der Waals surface area (Å²) in [5.74, 6) is -0.653. The summed E-state index contributed by atoms with van der Waals surface area (Å²) in [5, 5.41) is 0.828. The van der Waals surface area contributed by atoms with Crippen LogP contribution in [0, 0.1) is 12.7 Å². The van der Waals surface area contributed by atoms with Gasteiger partial charge in [-0.1, -0.05) is 23.2 Å². The summed E-state index contributed by atoms with van der Waals surface area (Å²) in [4.78, 5) is 17.5. The quantitative estimate of drug-likeness (QED) is 0.867. The number of aryl methyl sites for hydroxylation is 1. The predicted molar refractivity (Wildman–Crippen MR) is 65.0 cm³/mol. The fraction of sp³-hybridized carbons (Fsp3) is 0.0909. The smallest absolute Gasteiger partial charge is 0.287 e. The van der Waals surface area contributed by atoms with E-state index < -0.39 is 11.4 Å². The zero-order valence-electron chi connectivity index (χ0n) is 8.72. The summed E-state index contributed by atoms with van der Waals surface area (Å²) < 4.78 is 13.1. The van der Waals surface area contributed by atoms with E-state index in [-0.39, 0.29) is 11.5 Å². The molecule has 2 rings (SSSR count). The van der Waals surface area contributed by atoms with Gasteiger partial charge in [0, 0.05) is 15.6 Å². The molecule has 0 aliphatic rings. The third-order valence-corrected chi connectivity index (χ3v) is 2.60. The van der Waals surface area contributed by atoms with Gasteiger partial charge < -0.3 is 4.98 Å². The van der Waals surface area contributed by atoms with Crippen LogP contribution in [0.4, 0.5) is 4.39 Å². The average molecular weight is 273 g/mol. The number of benzene rings is 1. The van der Waals surface area contributed by atoms with Crippen LogP contribution >= 0.6 is 23.2 Å². The lowest BCUT2D eigenvalue weighted by molar-refractivity contribution is 0.589. The molecule has 0 bridgehead atoms. The maximum atomic E-state index is 13.1. The maximum Gasteiger partial charge on any atom is 0.287 e. The van der Waals surface area contributed by atoms with Gasteiger partial charge in [0.15, 0.2) is 0 Å². The Bertz CT molecular complexity index is 620. The minimum Gasteiger partial charge on any atom is -0.304 e. The Morgan fingerprint density at radius 1 is 1.24 bits per heavy atom. The van der Waals surface area contributed by atoms with Gasteiger partial charge in [0.1, 0.15) is 5.82 Å². The van der Waals surface area contributed by atoms with Crippen LogP contribution in [0.15, 0.2) is 23.0 Å². The zero-order chi connectivity index (χ0) is 12.6. The molecule has 1 heterocycles. The molecule has 0 spiro atoms. The number of H-pyrrole nitrogens is 1. The van der Waals surface area contributed by atoms with Crippen LogP contribution < -0.4 is 5.56 Å². The third-order valence-electron chi connectivity index (χ3n) is 2.16. The molecule has 0 atom stereocenters. The van der Waals surface area contributed by atoms with Crippen molar-refractivity contribution in [1.82, 2.24) is 9.97 Å². The Labute approximate surface area is 106 Å². The number of nitrogens with one attached hydrogen (secondary N) is 1. The summed E-state index contributed by atoms with van der Waals surface area (Å²) in [7, 11) is 0. The van der Waals surface area contributed by atoms with Crippen molar-refractivity contribution in [3.8, 4) is 11.4 Å². The first-order valence-electron chi connectivity index (χ1n) is 4.70. The van der Waals surface area contributed by atoms with E-state index >= 15 is 0 Å². The topological polar surface area (TPSA) is 45.8 Å². The Morgan fingerprint density at radius 2 is 1.82 bits per heavy atom. The molecular weight excluding hydrogens is 266 g/mol. The SMILES string of the molecule is Cc1nc(-c2cc(Cl)cc(Cl)c2)[nH]c(=O)c1F. The highest BCUT2D eigenvalue weighted by atomic mass is 35.5. The first kappa shape index (κ1) is 12.1. The molecule has 0 saturated carbocycles. The number of aromatic nitrogens is 2. The van der Waals surface area contributed by atoms with Crippen molar-refractivity contribution < 1.29 is 4.39 Å². The molecule has 88 valence electrons. The van der Waals surface area contributed by atoms with Crippen molar-refractivity contribution in [2.24, 2.45) is 0 Å². The van der Waals surface area contributed by atoms with E-state index in [1.165, 1.54) is 6.92 Å². The summed E-state index contributed by atoms with van der Waals surface area (Å²) in [5.41, 5.74) is -0.258. The van der Waals surface area contributed by atoms with Crippen molar-refractivity contribution in [2.45, 2.75) is 6.92 Å². The second-order valence-electron chi connectivity index (χ2n) is 3.47. The van der Waals surface area contributed by atoms with Gasteiger partial charge in [-0.25, -0.2) is 4.98 Å². The second kappa shape index (κ2) is 4.47. The molecule has 0 unspecified atom stereocenters. The minimum absolute atomic E-state index is 0.0276.